The highest BCUT2D eigenvalue weighted by Crippen LogP contribution is 2.30. The second kappa shape index (κ2) is 10.3. The normalized spacial score (nSPS) is 14.3. The highest BCUT2D eigenvalue weighted by atomic mass is 14.8. The van der Waals surface area contributed by atoms with Crippen LogP contribution in [0.1, 0.15) is 77.8 Å². The van der Waals surface area contributed by atoms with Gasteiger partial charge in [-0.15, -0.1) is 0 Å². The third-order valence-corrected chi connectivity index (χ3v) is 4.72. The molecule has 24 heavy (non-hydrogen) atoms. The summed E-state index contributed by atoms with van der Waals surface area (Å²) in [6.45, 7) is 17.3. The number of allylic oxidation sites excluding steroid dienone is 3. The molecular weight excluding hydrogens is 290 g/mol. The number of nitrogens with zero attached hydrogens (tertiary/aromatic N) is 1. The molecule has 0 aromatic heterocycles. The lowest BCUT2D eigenvalue weighted by Crippen LogP contribution is -2.08. The number of hydrogen-bond acceptors (Lipinski definition) is 1. The molecule has 1 unspecified atom stereocenters. The average Bonchev–Trinajstić information content (AvgIpc) is 2.56. The second-order valence-electron chi connectivity index (χ2n) is 6.81. The van der Waals surface area contributed by atoms with Gasteiger partial charge < -0.3 is 0 Å². The first-order valence-electron chi connectivity index (χ1n) is 9.45. The quantitative estimate of drug-likeness (QED) is 0.334. The van der Waals surface area contributed by atoms with E-state index in [1.165, 1.54) is 41.7 Å². The molecule has 0 saturated carbocycles. The second-order valence-corrected chi connectivity index (χ2v) is 6.81. The fraction of sp³-hybridized carbons (Fsp3) is 0.522. The molecule has 0 aliphatic heterocycles. The third kappa shape index (κ3) is 5.78. The van der Waals surface area contributed by atoms with E-state index < -0.39 is 0 Å². The molecule has 0 amide bonds. The summed E-state index contributed by atoms with van der Waals surface area (Å²) in [5.74, 6) is 0.525. The van der Waals surface area contributed by atoms with E-state index in [9.17, 15) is 0 Å². The van der Waals surface area contributed by atoms with E-state index >= 15 is 0 Å². The predicted octanol–water partition coefficient (Wildman–Crippen LogP) is 7.26. The van der Waals surface area contributed by atoms with E-state index in [1.54, 1.807) is 0 Å². The molecule has 1 aromatic carbocycles. The molecule has 0 aliphatic rings. The van der Waals surface area contributed by atoms with Crippen molar-refractivity contribution in [3.63, 3.8) is 0 Å². The van der Waals surface area contributed by atoms with Crippen LogP contribution in [-0.2, 0) is 0 Å². The zero-order valence-corrected chi connectivity index (χ0v) is 16.6. The molecule has 1 heteroatoms. The van der Waals surface area contributed by atoms with Crippen molar-refractivity contribution >= 4 is 5.71 Å². The summed E-state index contributed by atoms with van der Waals surface area (Å²) < 4.78 is 0. The molecule has 0 N–H and O–H groups in total. The van der Waals surface area contributed by atoms with Gasteiger partial charge in [-0.05, 0) is 51.2 Å². The van der Waals surface area contributed by atoms with E-state index in [2.05, 4.69) is 72.4 Å². The monoisotopic (exact) mass is 325 g/mol. The lowest BCUT2D eigenvalue weighted by atomic mass is 9.89. The van der Waals surface area contributed by atoms with E-state index in [1.807, 2.05) is 0 Å². The van der Waals surface area contributed by atoms with Crippen molar-refractivity contribution < 1.29 is 0 Å². The first kappa shape index (κ1) is 20.4. The Labute approximate surface area is 149 Å². The number of aryl methyl sites for hydroxylation is 1. The minimum Gasteiger partial charge on any atom is -0.257 e. The van der Waals surface area contributed by atoms with E-state index in [0.29, 0.717) is 5.92 Å². The molecule has 1 aromatic rings. The van der Waals surface area contributed by atoms with E-state index in [0.717, 1.165) is 24.1 Å². The van der Waals surface area contributed by atoms with Crippen molar-refractivity contribution in [1.82, 2.24) is 0 Å². The molecule has 0 aliphatic carbocycles. The Morgan fingerprint density at radius 1 is 1.08 bits per heavy atom. The van der Waals surface area contributed by atoms with Crippen molar-refractivity contribution in [3.05, 3.63) is 58.8 Å². The fourth-order valence-electron chi connectivity index (χ4n) is 3.13. The minimum atomic E-state index is 0.525. The van der Waals surface area contributed by atoms with Gasteiger partial charge in [0.15, 0.2) is 0 Å². The average molecular weight is 326 g/mol. The van der Waals surface area contributed by atoms with Crippen LogP contribution in [0.15, 0.2) is 52.7 Å². The van der Waals surface area contributed by atoms with Crippen LogP contribution in [0.5, 0.6) is 0 Å². The predicted molar refractivity (Wildman–Crippen MR) is 109 cm³/mol. The Kier molecular flexibility index (Phi) is 8.74. The van der Waals surface area contributed by atoms with Gasteiger partial charge in [0.1, 0.15) is 0 Å². The van der Waals surface area contributed by atoms with Gasteiger partial charge in [0.05, 0.1) is 0 Å². The van der Waals surface area contributed by atoms with E-state index in [-0.39, 0.29) is 0 Å². The van der Waals surface area contributed by atoms with Crippen LogP contribution in [0.25, 0.3) is 0 Å². The van der Waals surface area contributed by atoms with Crippen LogP contribution < -0.4 is 0 Å². The van der Waals surface area contributed by atoms with Gasteiger partial charge in [0, 0.05) is 17.3 Å². The number of unbranched alkanes of at least 4 members (excludes halogenated alkanes) is 1. The van der Waals surface area contributed by atoms with E-state index in [4.69, 9.17) is 4.99 Å². The molecule has 0 saturated heterocycles. The number of rotatable bonds is 9. The summed E-state index contributed by atoms with van der Waals surface area (Å²) in [6.07, 6.45) is 5.84. The minimum absolute atomic E-state index is 0.525. The molecular formula is C23H35N. The SMILES string of the molecule is C=C(C)/C(CC)=C(\N=C(/C)c1ccc(C)cc1)C(CC)CCCC. The van der Waals surface area contributed by atoms with Crippen LogP contribution in [0.2, 0.25) is 0 Å². The summed E-state index contributed by atoms with van der Waals surface area (Å²) >= 11 is 0. The van der Waals surface area contributed by atoms with Gasteiger partial charge in [-0.2, -0.15) is 0 Å². The van der Waals surface area contributed by atoms with Gasteiger partial charge in [0.2, 0.25) is 0 Å². The van der Waals surface area contributed by atoms with Gasteiger partial charge in [0.25, 0.3) is 0 Å². The topological polar surface area (TPSA) is 12.4 Å². The summed E-state index contributed by atoms with van der Waals surface area (Å²) in [5.41, 5.74) is 7.35. The van der Waals surface area contributed by atoms with Crippen molar-refractivity contribution in [1.29, 1.82) is 0 Å². The van der Waals surface area contributed by atoms with Crippen molar-refractivity contribution in [3.8, 4) is 0 Å². The molecule has 0 heterocycles. The zero-order chi connectivity index (χ0) is 18.1. The van der Waals surface area contributed by atoms with Gasteiger partial charge in [-0.3, -0.25) is 4.99 Å². The maximum atomic E-state index is 5.13. The van der Waals surface area contributed by atoms with Crippen molar-refractivity contribution in [2.24, 2.45) is 10.9 Å². The molecule has 1 nitrogen and oxygen atoms in total. The Hall–Kier alpha value is -1.63. The number of benzene rings is 1. The van der Waals surface area contributed by atoms with Crippen LogP contribution in [0.4, 0.5) is 0 Å². The number of aliphatic imine (C=N–C) groups is 1. The Bertz CT molecular complexity index is 587. The highest BCUT2D eigenvalue weighted by molar-refractivity contribution is 5.99. The third-order valence-electron chi connectivity index (χ3n) is 4.72. The smallest absolute Gasteiger partial charge is 0.0472 e. The Morgan fingerprint density at radius 3 is 2.17 bits per heavy atom. The van der Waals surface area contributed by atoms with Gasteiger partial charge in [-0.1, -0.05) is 75.6 Å². The summed E-state index contributed by atoms with van der Waals surface area (Å²) in [6, 6.07) is 8.66. The molecule has 1 atom stereocenters. The lowest BCUT2D eigenvalue weighted by molar-refractivity contribution is 0.506. The molecule has 0 fully saturated rings. The molecule has 0 spiro atoms. The van der Waals surface area contributed by atoms with Crippen LogP contribution in [0, 0.1) is 12.8 Å². The van der Waals surface area contributed by atoms with Crippen LogP contribution >= 0.6 is 0 Å². The molecule has 0 bridgehead atoms. The summed E-state index contributed by atoms with van der Waals surface area (Å²) in [4.78, 5) is 5.13. The Balaban J connectivity index is 3.33. The maximum absolute atomic E-state index is 5.13. The Morgan fingerprint density at radius 2 is 1.71 bits per heavy atom. The van der Waals surface area contributed by atoms with Crippen LogP contribution in [-0.4, -0.2) is 5.71 Å². The van der Waals surface area contributed by atoms with Crippen LogP contribution in [0.3, 0.4) is 0 Å². The van der Waals surface area contributed by atoms with Gasteiger partial charge >= 0.3 is 0 Å². The standard InChI is InChI=1S/C23H35N/c1-8-11-12-20(9-2)23(22(10-3)17(4)5)24-19(7)21-15-13-18(6)14-16-21/h13-16,20H,4,8-12H2,1-3,5-7H3/b23-22-,24-19+. The summed E-state index contributed by atoms with van der Waals surface area (Å²) in [7, 11) is 0. The van der Waals surface area contributed by atoms with Crippen molar-refractivity contribution in [2.75, 3.05) is 0 Å². The molecule has 1 rings (SSSR count). The lowest BCUT2D eigenvalue weighted by Gasteiger charge is -2.21. The highest BCUT2D eigenvalue weighted by Gasteiger charge is 2.17. The molecule has 132 valence electrons. The fourth-order valence-corrected chi connectivity index (χ4v) is 3.13. The van der Waals surface area contributed by atoms with Crippen molar-refractivity contribution in [2.45, 2.75) is 73.6 Å². The summed E-state index contributed by atoms with van der Waals surface area (Å²) in [5, 5.41) is 0. The maximum Gasteiger partial charge on any atom is 0.0472 e. The largest absolute Gasteiger partial charge is 0.257 e. The van der Waals surface area contributed by atoms with Gasteiger partial charge in [-0.25, -0.2) is 0 Å². The molecule has 0 radical (unpaired) electrons. The number of hydrogen-bond donors (Lipinski definition) is 0. The first-order chi connectivity index (χ1) is 11.4. The first-order valence-corrected chi connectivity index (χ1v) is 9.45. The zero-order valence-electron chi connectivity index (χ0n) is 16.6.